The third-order valence-corrected chi connectivity index (χ3v) is 6.41. The topological polar surface area (TPSA) is 213 Å². The number of carbonyl (C=O) groups is 6. The van der Waals surface area contributed by atoms with Crippen molar-refractivity contribution < 1.29 is 61.3 Å². The van der Waals surface area contributed by atoms with Crippen LogP contribution in [0.4, 0.5) is 4.79 Å². The fourth-order valence-electron chi connectivity index (χ4n) is 2.42. The van der Waals surface area contributed by atoms with Crippen LogP contribution in [0.2, 0.25) is 0 Å². The number of hydrogen-bond acceptors (Lipinski definition) is 15. The number of nitrogens with zero attached hydrogens (tertiary/aromatic N) is 2. The second-order valence-electron chi connectivity index (χ2n) is 10.7. The molecule has 3 amide bonds. The average molecular weight is 597 g/mol. The second kappa shape index (κ2) is 14.3. The predicted octanol–water partition coefficient (Wildman–Crippen LogP) is -0.130. The van der Waals surface area contributed by atoms with Crippen molar-refractivity contribution in [3.63, 3.8) is 0 Å². The summed E-state index contributed by atoms with van der Waals surface area (Å²) in [5.74, 6) is -4.98. The Morgan fingerprint density at radius 3 is 2.05 bits per heavy atom. The summed E-state index contributed by atoms with van der Waals surface area (Å²) >= 11 is 0. The lowest BCUT2D eigenvalue weighted by atomic mass is 9.98. The first kappa shape index (κ1) is 34.7. The van der Waals surface area contributed by atoms with Gasteiger partial charge in [0.05, 0.1) is 27.7 Å². The standard InChI is InChI=1S/C22H36N4O13S/c1-14(36-20(32)39-25-16(28)8-9-17(25)29)13-40(33,34)11-10-23-15(27)12-35-26(38-19(31)22(5,6)7)24-37-18(30)21(2,3)4/h14,24H,8-13H2,1-7H3,(H,23,27). The molecule has 0 aromatic rings. The van der Waals surface area contributed by atoms with Crippen LogP contribution in [0.15, 0.2) is 0 Å². The molecule has 0 aliphatic carbocycles. The van der Waals surface area contributed by atoms with Crippen molar-refractivity contribution in [2.45, 2.75) is 67.4 Å². The number of nitrogens with one attached hydrogen (secondary N) is 2. The SMILES string of the molecule is CC(CS(=O)(=O)CCNC(=O)CON(NOC(=O)C(C)(C)C)OC(=O)C(C)(C)C)OC(=O)ON1C(=O)CCC1=O. The summed E-state index contributed by atoms with van der Waals surface area (Å²) in [5, 5.41) is 2.83. The highest BCUT2D eigenvalue weighted by Gasteiger charge is 2.34. The maximum atomic E-state index is 12.3. The zero-order valence-corrected chi connectivity index (χ0v) is 24.2. The number of hydrogen-bond donors (Lipinski definition) is 2. The quantitative estimate of drug-likeness (QED) is 0.161. The summed E-state index contributed by atoms with van der Waals surface area (Å²) in [4.78, 5) is 90.1. The monoisotopic (exact) mass is 596 g/mol. The molecule has 1 unspecified atom stereocenters. The van der Waals surface area contributed by atoms with Gasteiger partial charge in [-0.25, -0.2) is 27.6 Å². The number of ether oxygens (including phenoxy) is 1. The van der Waals surface area contributed by atoms with Gasteiger partial charge in [0, 0.05) is 19.4 Å². The highest BCUT2D eigenvalue weighted by Crippen LogP contribution is 2.17. The van der Waals surface area contributed by atoms with Crippen LogP contribution in [0.25, 0.3) is 0 Å². The van der Waals surface area contributed by atoms with Crippen LogP contribution in [0.1, 0.15) is 61.3 Å². The first-order chi connectivity index (χ1) is 18.2. The van der Waals surface area contributed by atoms with Gasteiger partial charge in [-0.3, -0.25) is 19.2 Å². The number of rotatable bonds is 13. The molecule has 0 aromatic carbocycles. The molecule has 17 nitrogen and oxygen atoms in total. The minimum absolute atomic E-state index is 0.117. The summed E-state index contributed by atoms with van der Waals surface area (Å²) in [5.41, 5.74) is 0.0900. The van der Waals surface area contributed by atoms with Crippen LogP contribution in [0, 0.1) is 10.8 Å². The van der Waals surface area contributed by atoms with Gasteiger partial charge in [0.1, 0.15) is 6.10 Å². The molecular formula is C22H36N4O13S. The van der Waals surface area contributed by atoms with E-state index in [0.717, 1.165) is 0 Å². The summed E-state index contributed by atoms with van der Waals surface area (Å²) < 4.78 is 29.4. The molecule has 0 radical (unpaired) electrons. The molecule has 1 fully saturated rings. The van der Waals surface area contributed by atoms with Gasteiger partial charge >= 0.3 is 18.1 Å². The van der Waals surface area contributed by atoms with Crippen molar-refractivity contribution in [3.05, 3.63) is 0 Å². The van der Waals surface area contributed by atoms with E-state index in [2.05, 4.69) is 10.2 Å². The summed E-state index contributed by atoms with van der Waals surface area (Å²) in [7, 11) is -3.85. The minimum Gasteiger partial charge on any atom is -0.429 e. The zero-order chi connectivity index (χ0) is 30.9. The van der Waals surface area contributed by atoms with Crippen molar-refractivity contribution >= 4 is 45.7 Å². The summed E-state index contributed by atoms with van der Waals surface area (Å²) in [6, 6.07) is 0. The van der Waals surface area contributed by atoms with Gasteiger partial charge in [-0.2, -0.15) is 0 Å². The van der Waals surface area contributed by atoms with Gasteiger partial charge in [-0.1, -0.05) is 5.06 Å². The normalized spacial score (nSPS) is 15.1. The number of hydrazine groups is 1. The van der Waals surface area contributed by atoms with Gasteiger partial charge < -0.3 is 19.7 Å². The Morgan fingerprint density at radius 2 is 1.52 bits per heavy atom. The molecule has 1 rings (SSSR count). The van der Waals surface area contributed by atoms with E-state index in [-0.39, 0.29) is 29.8 Å². The lowest BCUT2D eigenvalue weighted by Gasteiger charge is -2.24. The Morgan fingerprint density at radius 1 is 0.975 bits per heavy atom. The summed E-state index contributed by atoms with van der Waals surface area (Å²) in [6.07, 6.45) is -2.85. The largest absolute Gasteiger partial charge is 0.534 e. The highest BCUT2D eigenvalue weighted by atomic mass is 32.2. The molecule has 228 valence electrons. The number of amides is 3. The molecular weight excluding hydrogens is 560 g/mol. The Kier molecular flexibility index (Phi) is 12.4. The fraction of sp³-hybridized carbons (Fsp3) is 0.727. The molecule has 1 saturated heterocycles. The van der Waals surface area contributed by atoms with E-state index in [1.807, 2.05) is 5.59 Å². The van der Waals surface area contributed by atoms with Crippen LogP contribution >= 0.6 is 0 Å². The molecule has 0 bridgehead atoms. The Balaban J connectivity index is 2.51. The molecule has 1 atom stereocenters. The number of imide groups is 1. The van der Waals surface area contributed by atoms with E-state index in [4.69, 9.17) is 19.2 Å². The Labute approximate surface area is 231 Å². The van der Waals surface area contributed by atoms with Crippen LogP contribution in [0.5, 0.6) is 0 Å². The van der Waals surface area contributed by atoms with Gasteiger partial charge in [0.2, 0.25) is 5.91 Å². The zero-order valence-electron chi connectivity index (χ0n) is 23.4. The fourth-order valence-corrected chi connectivity index (χ4v) is 3.79. The average Bonchev–Trinajstić information content (AvgIpc) is 3.10. The van der Waals surface area contributed by atoms with Gasteiger partial charge in [-0.05, 0) is 54.1 Å². The van der Waals surface area contributed by atoms with Crippen LogP contribution in [0.3, 0.4) is 0 Å². The molecule has 0 spiro atoms. The Bertz CT molecular complexity index is 1060. The third-order valence-electron chi connectivity index (χ3n) is 4.61. The predicted molar refractivity (Wildman–Crippen MR) is 132 cm³/mol. The first-order valence-electron chi connectivity index (χ1n) is 12.0. The van der Waals surface area contributed by atoms with Gasteiger partial charge in [0.25, 0.3) is 11.8 Å². The Hall–Kier alpha value is -3.35. The number of sulfone groups is 1. The lowest BCUT2D eigenvalue weighted by molar-refractivity contribution is -0.411. The highest BCUT2D eigenvalue weighted by molar-refractivity contribution is 7.91. The minimum atomic E-state index is -3.85. The second-order valence-corrected chi connectivity index (χ2v) is 12.9. The van der Waals surface area contributed by atoms with E-state index < -0.39 is 80.7 Å². The first-order valence-corrected chi connectivity index (χ1v) is 13.9. The maximum Gasteiger partial charge on any atom is 0.534 e. The molecule has 1 aliphatic heterocycles. The molecule has 40 heavy (non-hydrogen) atoms. The van der Waals surface area contributed by atoms with Gasteiger partial charge in [0.15, 0.2) is 16.4 Å². The molecule has 2 N–H and O–H groups in total. The van der Waals surface area contributed by atoms with E-state index >= 15 is 0 Å². The van der Waals surface area contributed by atoms with E-state index in [1.54, 1.807) is 41.5 Å². The molecule has 1 aliphatic rings. The smallest absolute Gasteiger partial charge is 0.429 e. The van der Waals surface area contributed by atoms with E-state index in [1.165, 1.54) is 6.92 Å². The summed E-state index contributed by atoms with van der Waals surface area (Å²) in [6.45, 7) is 9.49. The van der Waals surface area contributed by atoms with Crippen LogP contribution in [-0.2, 0) is 57.9 Å². The number of carbonyl (C=O) groups excluding carboxylic acids is 6. The molecule has 1 heterocycles. The van der Waals surface area contributed by atoms with Crippen molar-refractivity contribution in [1.29, 1.82) is 0 Å². The third kappa shape index (κ3) is 12.7. The lowest BCUT2D eigenvalue weighted by Crippen LogP contribution is -2.46. The van der Waals surface area contributed by atoms with Crippen LogP contribution < -0.4 is 10.9 Å². The van der Waals surface area contributed by atoms with E-state index in [0.29, 0.717) is 0 Å². The van der Waals surface area contributed by atoms with E-state index in [9.17, 15) is 37.2 Å². The molecule has 0 saturated carbocycles. The van der Waals surface area contributed by atoms with Crippen molar-refractivity contribution in [2.75, 3.05) is 24.7 Å². The maximum absolute atomic E-state index is 12.3. The number of hydroxylamine groups is 2. The van der Waals surface area contributed by atoms with Crippen molar-refractivity contribution in [2.24, 2.45) is 10.8 Å². The van der Waals surface area contributed by atoms with Crippen molar-refractivity contribution in [3.8, 4) is 0 Å². The van der Waals surface area contributed by atoms with Crippen LogP contribution in [-0.4, -0.2) is 85.4 Å². The van der Waals surface area contributed by atoms with Crippen molar-refractivity contribution in [1.82, 2.24) is 21.3 Å². The molecule has 0 aromatic heterocycles. The molecule has 18 heteroatoms. The van der Waals surface area contributed by atoms with Gasteiger partial charge in [-0.15, -0.1) is 0 Å².